The second kappa shape index (κ2) is 9.99. The van der Waals surface area contributed by atoms with Crippen LogP contribution in [-0.2, 0) is 11.3 Å². The van der Waals surface area contributed by atoms with Crippen molar-refractivity contribution < 1.29 is 9.72 Å². The van der Waals surface area contributed by atoms with Gasteiger partial charge in [-0.05, 0) is 48.9 Å². The number of nitrogens with zero attached hydrogens (tertiary/aromatic N) is 5. The minimum atomic E-state index is -0.479. The van der Waals surface area contributed by atoms with E-state index in [0.717, 1.165) is 5.56 Å². The highest BCUT2D eigenvalue weighted by atomic mass is 35.5. The Hall–Kier alpha value is -3.24. The lowest BCUT2D eigenvalue weighted by atomic mass is 10.2. The van der Waals surface area contributed by atoms with Gasteiger partial charge in [0.2, 0.25) is 0 Å². The summed E-state index contributed by atoms with van der Waals surface area (Å²) in [7, 11) is 0. The number of amides is 1. The minimum Gasteiger partial charge on any atom is -0.302 e. The predicted molar refractivity (Wildman–Crippen MR) is 116 cm³/mol. The predicted octanol–water partition coefficient (Wildman–Crippen LogP) is 3.77. The molecule has 1 amide bonds. The topological polar surface area (TPSA) is 115 Å². The van der Waals surface area contributed by atoms with Crippen molar-refractivity contribution in [2.75, 3.05) is 5.75 Å². The molecule has 0 bridgehead atoms. The fraction of sp³-hybridized carbons (Fsp3) is 0.158. The van der Waals surface area contributed by atoms with Gasteiger partial charge in [0.05, 0.1) is 16.9 Å². The summed E-state index contributed by atoms with van der Waals surface area (Å²) in [5.41, 5.74) is 3.93. The van der Waals surface area contributed by atoms with Gasteiger partial charge in [-0.2, -0.15) is 5.10 Å². The standard InChI is InChI=1S/C19H17ClN6O3S/c1-2-25-18(14-5-7-15(20)8-6-14)23-24-19(25)30-12-17(27)22-21-11-13-3-9-16(10-4-13)26(28)29/h3-11H,2,12H2,1H3,(H,22,27)/b21-11-. The van der Waals surface area contributed by atoms with Crippen LogP contribution in [0.4, 0.5) is 5.69 Å². The van der Waals surface area contributed by atoms with Crippen molar-refractivity contribution >= 4 is 41.2 Å². The minimum absolute atomic E-state index is 0.00871. The molecule has 9 nitrogen and oxygen atoms in total. The Morgan fingerprint density at radius 2 is 1.93 bits per heavy atom. The molecule has 3 rings (SSSR count). The molecule has 154 valence electrons. The van der Waals surface area contributed by atoms with Crippen molar-refractivity contribution in [1.82, 2.24) is 20.2 Å². The average Bonchev–Trinajstić information content (AvgIpc) is 3.16. The quantitative estimate of drug-likeness (QED) is 0.245. The first-order chi connectivity index (χ1) is 14.5. The number of hydrogen-bond donors (Lipinski definition) is 1. The van der Waals surface area contributed by atoms with Crippen LogP contribution in [0.3, 0.4) is 0 Å². The molecule has 0 saturated carbocycles. The molecule has 0 aliphatic rings. The Kier molecular flexibility index (Phi) is 7.15. The van der Waals surface area contributed by atoms with Crippen LogP contribution in [0, 0.1) is 10.1 Å². The molecule has 1 aromatic heterocycles. The van der Waals surface area contributed by atoms with Crippen molar-refractivity contribution in [3.05, 3.63) is 69.2 Å². The van der Waals surface area contributed by atoms with Gasteiger partial charge in [-0.3, -0.25) is 14.9 Å². The maximum absolute atomic E-state index is 12.1. The van der Waals surface area contributed by atoms with Gasteiger partial charge in [0.15, 0.2) is 11.0 Å². The SMILES string of the molecule is CCn1c(SCC(=O)N/N=C\c2ccc([N+](=O)[O-])cc2)nnc1-c1ccc(Cl)cc1. The number of aromatic nitrogens is 3. The van der Waals surface area contributed by atoms with Crippen LogP contribution in [-0.4, -0.2) is 37.6 Å². The van der Waals surface area contributed by atoms with E-state index in [1.165, 1.54) is 30.1 Å². The first kappa shape index (κ1) is 21.5. The number of hydrazone groups is 1. The monoisotopic (exact) mass is 444 g/mol. The van der Waals surface area contributed by atoms with E-state index in [0.29, 0.717) is 28.1 Å². The number of benzene rings is 2. The second-order valence-electron chi connectivity index (χ2n) is 5.99. The number of thioether (sulfide) groups is 1. The Balaban J connectivity index is 1.57. The van der Waals surface area contributed by atoms with Crippen molar-refractivity contribution in [3.63, 3.8) is 0 Å². The van der Waals surface area contributed by atoms with Crippen LogP contribution < -0.4 is 5.43 Å². The summed E-state index contributed by atoms with van der Waals surface area (Å²) in [5, 5.41) is 24.2. The van der Waals surface area contributed by atoms with E-state index in [1.807, 2.05) is 23.6 Å². The zero-order chi connectivity index (χ0) is 21.5. The van der Waals surface area contributed by atoms with Crippen LogP contribution in [0.25, 0.3) is 11.4 Å². The maximum atomic E-state index is 12.1. The third-order valence-electron chi connectivity index (χ3n) is 3.97. The van der Waals surface area contributed by atoms with E-state index in [-0.39, 0.29) is 17.3 Å². The number of hydrogen-bond acceptors (Lipinski definition) is 7. The molecular formula is C19H17ClN6O3S. The summed E-state index contributed by atoms with van der Waals surface area (Å²) in [5.74, 6) is 0.501. The second-order valence-corrected chi connectivity index (χ2v) is 7.37. The summed E-state index contributed by atoms with van der Waals surface area (Å²) in [6.45, 7) is 2.62. The van der Waals surface area contributed by atoms with Crippen LogP contribution in [0.1, 0.15) is 12.5 Å². The molecule has 0 unspecified atom stereocenters. The molecule has 0 spiro atoms. The summed E-state index contributed by atoms with van der Waals surface area (Å²) < 4.78 is 1.92. The van der Waals surface area contributed by atoms with Crippen molar-refractivity contribution in [1.29, 1.82) is 0 Å². The molecule has 0 aliphatic carbocycles. The van der Waals surface area contributed by atoms with Gasteiger partial charge in [-0.1, -0.05) is 23.4 Å². The molecule has 0 fully saturated rings. The summed E-state index contributed by atoms with van der Waals surface area (Å²) >= 11 is 7.19. The van der Waals surface area contributed by atoms with Crippen molar-refractivity contribution in [3.8, 4) is 11.4 Å². The van der Waals surface area contributed by atoms with E-state index in [9.17, 15) is 14.9 Å². The first-order valence-electron chi connectivity index (χ1n) is 8.86. The highest BCUT2D eigenvalue weighted by Gasteiger charge is 2.14. The van der Waals surface area contributed by atoms with Gasteiger partial charge in [0.25, 0.3) is 11.6 Å². The third-order valence-corrected chi connectivity index (χ3v) is 5.19. The number of halogens is 1. The van der Waals surface area contributed by atoms with E-state index >= 15 is 0 Å². The molecular weight excluding hydrogens is 428 g/mol. The molecule has 0 atom stereocenters. The number of non-ortho nitro benzene ring substituents is 1. The highest BCUT2D eigenvalue weighted by molar-refractivity contribution is 7.99. The van der Waals surface area contributed by atoms with Gasteiger partial charge in [-0.15, -0.1) is 10.2 Å². The van der Waals surface area contributed by atoms with Crippen molar-refractivity contribution in [2.45, 2.75) is 18.6 Å². The molecule has 30 heavy (non-hydrogen) atoms. The number of nitrogens with one attached hydrogen (secondary N) is 1. The van der Waals surface area contributed by atoms with Gasteiger partial charge in [-0.25, -0.2) is 5.43 Å². The van der Waals surface area contributed by atoms with Gasteiger partial charge in [0.1, 0.15) is 0 Å². The van der Waals surface area contributed by atoms with Crippen LogP contribution in [0.15, 0.2) is 58.8 Å². The normalized spacial score (nSPS) is 11.0. The first-order valence-corrected chi connectivity index (χ1v) is 10.2. The van der Waals surface area contributed by atoms with E-state index in [2.05, 4.69) is 20.7 Å². The number of carbonyl (C=O) groups excluding carboxylic acids is 1. The smallest absolute Gasteiger partial charge is 0.269 e. The van der Waals surface area contributed by atoms with Crippen LogP contribution in [0.5, 0.6) is 0 Å². The zero-order valence-electron chi connectivity index (χ0n) is 15.9. The van der Waals surface area contributed by atoms with Gasteiger partial charge < -0.3 is 4.57 Å². The molecule has 0 aliphatic heterocycles. The third kappa shape index (κ3) is 5.43. The average molecular weight is 445 g/mol. The van der Waals surface area contributed by atoms with Crippen LogP contribution >= 0.6 is 23.4 Å². The Bertz CT molecular complexity index is 1070. The molecule has 3 aromatic rings. The fourth-order valence-electron chi connectivity index (χ4n) is 2.52. The number of carbonyl (C=O) groups is 1. The molecule has 1 N–H and O–H groups in total. The molecule has 11 heteroatoms. The Morgan fingerprint density at radius 1 is 1.23 bits per heavy atom. The van der Waals surface area contributed by atoms with Crippen LogP contribution in [0.2, 0.25) is 5.02 Å². The number of nitro benzene ring substituents is 1. The lowest BCUT2D eigenvalue weighted by Gasteiger charge is -2.07. The highest BCUT2D eigenvalue weighted by Crippen LogP contribution is 2.25. The largest absolute Gasteiger partial charge is 0.302 e. The molecule has 0 saturated heterocycles. The Morgan fingerprint density at radius 3 is 2.57 bits per heavy atom. The summed E-state index contributed by atoms with van der Waals surface area (Å²) in [6.07, 6.45) is 1.42. The van der Waals surface area contributed by atoms with Gasteiger partial charge >= 0.3 is 0 Å². The zero-order valence-corrected chi connectivity index (χ0v) is 17.4. The molecule has 2 aromatic carbocycles. The van der Waals surface area contributed by atoms with E-state index in [1.54, 1.807) is 24.3 Å². The van der Waals surface area contributed by atoms with Crippen molar-refractivity contribution in [2.24, 2.45) is 5.10 Å². The molecule has 0 radical (unpaired) electrons. The summed E-state index contributed by atoms with van der Waals surface area (Å²) in [6, 6.07) is 13.1. The van der Waals surface area contributed by atoms with E-state index < -0.39 is 4.92 Å². The van der Waals surface area contributed by atoms with Gasteiger partial charge in [0, 0.05) is 29.3 Å². The lowest BCUT2D eigenvalue weighted by molar-refractivity contribution is -0.384. The van der Waals surface area contributed by atoms with E-state index in [4.69, 9.17) is 11.6 Å². The maximum Gasteiger partial charge on any atom is 0.269 e. The number of nitro groups is 1. The fourth-order valence-corrected chi connectivity index (χ4v) is 3.44. The Labute approximate surface area is 181 Å². The lowest BCUT2D eigenvalue weighted by Crippen LogP contribution is -2.20. The molecule has 1 heterocycles. The summed E-state index contributed by atoms with van der Waals surface area (Å²) in [4.78, 5) is 22.2. The number of rotatable bonds is 8.